The number of ether oxygens (including phenoxy) is 1. The number of pyridine rings is 1. The summed E-state index contributed by atoms with van der Waals surface area (Å²) in [7, 11) is 1.54. The number of benzene rings is 1. The van der Waals surface area contributed by atoms with Crippen molar-refractivity contribution < 1.29 is 18.7 Å². The van der Waals surface area contributed by atoms with Gasteiger partial charge in [0.05, 0.1) is 12.6 Å². The van der Waals surface area contributed by atoms with Gasteiger partial charge in [0.25, 0.3) is 11.8 Å². The van der Waals surface area contributed by atoms with Crippen LogP contribution in [0.4, 0.5) is 4.39 Å². The van der Waals surface area contributed by atoms with Crippen molar-refractivity contribution >= 4 is 23.2 Å². The summed E-state index contributed by atoms with van der Waals surface area (Å²) in [4.78, 5) is 40.1. The Kier molecular flexibility index (Phi) is 8.72. The van der Waals surface area contributed by atoms with Gasteiger partial charge in [-0.3, -0.25) is 14.4 Å². The van der Waals surface area contributed by atoms with Crippen molar-refractivity contribution in [1.82, 2.24) is 15.2 Å². The highest BCUT2D eigenvalue weighted by molar-refractivity contribution is 7.10. The Labute approximate surface area is 201 Å². The van der Waals surface area contributed by atoms with Gasteiger partial charge in [-0.1, -0.05) is 19.1 Å². The molecule has 0 saturated carbocycles. The molecular formula is C25H28FN3O4S. The van der Waals surface area contributed by atoms with E-state index in [0.717, 1.165) is 10.4 Å². The van der Waals surface area contributed by atoms with Crippen LogP contribution in [0.5, 0.6) is 0 Å². The number of methoxy groups -OCH3 is 1. The van der Waals surface area contributed by atoms with E-state index in [1.807, 2.05) is 24.4 Å². The third-order valence-corrected chi connectivity index (χ3v) is 6.46. The molecule has 9 heteroatoms. The molecule has 180 valence electrons. The van der Waals surface area contributed by atoms with E-state index in [4.69, 9.17) is 4.74 Å². The van der Waals surface area contributed by atoms with Crippen LogP contribution in [-0.2, 0) is 17.8 Å². The summed E-state index contributed by atoms with van der Waals surface area (Å²) >= 11 is 1.52. The molecule has 0 radical (unpaired) electrons. The highest BCUT2D eigenvalue weighted by atomic mass is 32.1. The minimum Gasteiger partial charge on any atom is -0.383 e. The standard InChI is InChI=1S/C25H28FN3O4S/c1-4-21(22-6-5-11-34-22)28-25(32)20-15-29(9-10-33-3)14-19(23(20)30)24(31)27-13-17-12-18(26)8-7-16(17)2/h5-8,11-12,14-15,21H,4,9-10,13H2,1-3H3,(H,27,31)(H,28,32). The van der Waals surface area contributed by atoms with Crippen molar-refractivity contribution in [3.8, 4) is 0 Å². The van der Waals surface area contributed by atoms with Crippen molar-refractivity contribution in [3.05, 3.63) is 91.3 Å². The van der Waals surface area contributed by atoms with Gasteiger partial charge in [-0.2, -0.15) is 0 Å². The molecule has 1 aromatic carbocycles. The van der Waals surface area contributed by atoms with Crippen molar-refractivity contribution in [2.45, 2.75) is 39.4 Å². The summed E-state index contributed by atoms with van der Waals surface area (Å²) in [6.07, 6.45) is 3.49. The highest BCUT2D eigenvalue weighted by Gasteiger charge is 2.22. The van der Waals surface area contributed by atoms with Gasteiger partial charge < -0.3 is 19.9 Å². The number of hydrogen-bond acceptors (Lipinski definition) is 5. The molecule has 1 unspecified atom stereocenters. The van der Waals surface area contributed by atoms with Gasteiger partial charge in [0, 0.05) is 37.5 Å². The van der Waals surface area contributed by atoms with Crippen molar-refractivity contribution in [2.75, 3.05) is 13.7 Å². The van der Waals surface area contributed by atoms with E-state index in [1.165, 1.54) is 43.0 Å². The van der Waals surface area contributed by atoms with Gasteiger partial charge >= 0.3 is 0 Å². The summed E-state index contributed by atoms with van der Waals surface area (Å²) < 4.78 is 20.3. The number of nitrogens with zero attached hydrogens (tertiary/aromatic N) is 1. The molecule has 3 aromatic rings. The minimum atomic E-state index is -0.666. The predicted octanol–water partition coefficient (Wildman–Crippen LogP) is 3.81. The Balaban J connectivity index is 1.88. The number of nitrogens with one attached hydrogen (secondary N) is 2. The zero-order chi connectivity index (χ0) is 24.7. The quantitative estimate of drug-likeness (QED) is 0.457. The van der Waals surface area contributed by atoms with Crippen molar-refractivity contribution in [2.24, 2.45) is 0 Å². The van der Waals surface area contributed by atoms with E-state index < -0.39 is 23.1 Å². The Bertz CT molecular complexity index is 1210. The largest absolute Gasteiger partial charge is 0.383 e. The smallest absolute Gasteiger partial charge is 0.257 e. The Hall–Kier alpha value is -3.30. The fraction of sp³-hybridized carbons (Fsp3) is 0.320. The third kappa shape index (κ3) is 6.18. The highest BCUT2D eigenvalue weighted by Crippen LogP contribution is 2.22. The summed E-state index contributed by atoms with van der Waals surface area (Å²) in [5, 5.41) is 7.49. The number of hydrogen-bond donors (Lipinski definition) is 2. The lowest BCUT2D eigenvalue weighted by Crippen LogP contribution is -2.36. The lowest BCUT2D eigenvalue weighted by Gasteiger charge is -2.17. The topological polar surface area (TPSA) is 89.4 Å². The number of halogens is 1. The van der Waals surface area contributed by atoms with Crippen LogP contribution >= 0.6 is 11.3 Å². The number of thiophene rings is 1. The number of amides is 2. The van der Waals surface area contributed by atoms with E-state index in [0.29, 0.717) is 25.1 Å². The average Bonchev–Trinajstić information content (AvgIpc) is 3.36. The molecule has 7 nitrogen and oxygen atoms in total. The van der Waals surface area contributed by atoms with Crippen LogP contribution in [0.2, 0.25) is 0 Å². The molecule has 2 N–H and O–H groups in total. The lowest BCUT2D eigenvalue weighted by molar-refractivity contribution is 0.0933. The summed E-state index contributed by atoms with van der Waals surface area (Å²) in [6, 6.07) is 7.89. The first-order valence-electron chi connectivity index (χ1n) is 10.9. The molecule has 3 rings (SSSR count). The molecule has 0 bridgehead atoms. The van der Waals surface area contributed by atoms with Crippen LogP contribution < -0.4 is 16.1 Å². The van der Waals surface area contributed by atoms with Gasteiger partial charge in [-0.05, 0) is 48.1 Å². The van der Waals surface area contributed by atoms with Gasteiger partial charge in [0.2, 0.25) is 5.43 Å². The van der Waals surface area contributed by atoms with E-state index in [1.54, 1.807) is 17.6 Å². The fourth-order valence-electron chi connectivity index (χ4n) is 3.48. The second kappa shape index (κ2) is 11.7. The van der Waals surface area contributed by atoms with E-state index >= 15 is 0 Å². The van der Waals surface area contributed by atoms with Crippen LogP contribution in [0.3, 0.4) is 0 Å². The molecule has 2 amide bonds. The lowest BCUT2D eigenvalue weighted by atomic mass is 10.1. The molecular weight excluding hydrogens is 457 g/mol. The average molecular weight is 486 g/mol. The van der Waals surface area contributed by atoms with Gasteiger partial charge in [-0.15, -0.1) is 11.3 Å². The fourth-order valence-corrected chi connectivity index (χ4v) is 4.34. The maximum absolute atomic E-state index is 13.6. The molecule has 34 heavy (non-hydrogen) atoms. The monoisotopic (exact) mass is 485 g/mol. The van der Waals surface area contributed by atoms with E-state index in [-0.39, 0.29) is 23.7 Å². The molecule has 0 aliphatic heterocycles. The van der Waals surface area contributed by atoms with Crippen LogP contribution in [-0.4, -0.2) is 30.1 Å². The van der Waals surface area contributed by atoms with Gasteiger partial charge in [0.1, 0.15) is 16.9 Å². The van der Waals surface area contributed by atoms with Gasteiger partial charge in [-0.25, -0.2) is 4.39 Å². The van der Waals surface area contributed by atoms with Crippen LogP contribution in [0.15, 0.2) is 52.9 Å². The Morgan fingerprint density at radius 3 is 2.56 bits per heavy atom. The van der Waals surface area contributed by atoms with E-state index in [9.17, 15) is 18.8 Å². The summed E-state index contributed by atoms with van der Waals surface area (Å²) in [6.45, 7) is 4.48. The molecule has 0 saturated heterocycles. The van der Waals surface area contributed by atoms with Crippen molar-refractivity contribution in [3.63, 3.8) is 0 Å². The second-order valence-electron chi connectivity index (χ2n) is 7.85. The normalized spacial score (nSPS) is 11.8. The zero-order valence-electron chi connectivity index (χ0n) is 19.4. The SMILES string of the molecule is CCC(NC(=O)c1cn(CCOC)cc(C(=O)NCc2cc(F)ccc2C)c1=O)c1cccs1. The van der Waals surface area contributed by atoms with Gasteiger partial charge in [0.15, 0.2) is 0 Å². The number of aromatic nitrogens is 1. The maximum atomic E-state index is 13.6. The first kappa shape index (κ1) is 25.3. The van der Waals surface area contributed by atoms with Crippen LogP contribution in [0, 0.1) is 12.7 Å². The summed E-state index contributed by atoms with van der Waals surface area (Å²) in [5.74, 6) is -1.60. The first-order chi connectivity index (χ1) is 16.3. The molecule has 2 heterocycles. The second-order valence-corrected chi connectivity index (χ2v) is 8.83. The first-order valence-corrected chi connectivity index (χ1v) is 11.8. The van der Waals surface area contributed by atoms with E-state index in [2.05, 4.69) is 10.6 Å². The number of carbonyl (C=O) groups is 2. The molecule has 2 aromatic heterocycles. The zero-order valence-corrected chi connectivity index (χ0v) is 20.2. The molecule has 1 atom stereocenters. The number of rotatable bonds is 10. The van der Waals surface area contributed by atoms with Crippen molar-refractivity contribution in [1.29, 1.82) is 0 Å². The summed E-state index contributed by atoms with van der Waals surface area (Å²) in [5.41, 5.74) is 0.457. The predicted molar refractivity (Wildman–Crippen MR) is 130 cm³/mol. The minimum absolute atomic E-state index is 0.0483. The molecule has 0 spiro atoms. The Morgan fingerprint density at radius 1 is 1.18 bits per heavy atom. The van der Waals surface area contributed by atoms with Crippen LogP contribution in [0.25, 0.3) is 0 Å². The molecule has 0 aliphatic rings. The Morgan fingerprint density at radius 2 is 1.91 bits per heavy atom. The van der Waals surface area contributed by atoms with Crippen LogP contribution in [0.1, 0.15) is 56.1 Å². The maximum Gasteiger partial charge on any atom is 0.257 e. The molecule has 0 aliphatic carbocycles. The third-order valence-electron chi connectivity index (χ3n) is 5.47. The number of carbonyl (C=O) groups excluding carboxylic acids is 2. The number of aryl methyl sites for hydroxylation is 1. The molecule has 0 fully saturated rings.